The van der Waals surface area contributed by atoms with E-state index in [2.05, 4.69) is 33.0 Å². The van der Waals surface area contributed by atoms with Crippen LogP contribution < -0.4 is 10.2 Å². The van der Waals surface area contributed by atoms with E-state index in [0.717, 1.165) is 31.4 Å². The number of hydrogen-bond donors (Lipinski definition) is 1. The molecule has 0 heterocycles. The molecule has 0 bridgehead atoms. The second-order valence-corrected chi connectivity index (χ2v) is 7.04. The fourth-order valence-electron chi connectivity index (χ4n) is 2.74. The van der Waals surface area contributed by atoms with Crippen LogP contribution in [0.3, 0.4) is 0 Å². The summed E-state index contributed by atoms with van der Waals surface area (Å²) in [6, 6.07) is 7.13. The second-order valence-electron chi connectivity index (χ2n) is 7.04. The Hall–Kier alpha value is -1.84. The molecule has 0 aromatic heterocycles. The second kappa shape index (κ2) is 8.70. The minimum Gasteiger partial charge on any atom is -0.355 e. The van der Waals surface area contributed by atoms with Crippen LogP contribution in [-0.2, 0) is 4.79 Å². The van der Waals surface area contributed by atoms with E-state index in [4.69, 9.17) is 0 Å². The Bertz CT molecular complexity index is 509. The lowest BCUT2D eigenvalue weighted by Gasteiger charge is -2.28. The number of nitrogens with zero attached hydrogens (tertiary/aromatic N) is 1. The van der Waals surface area contributed by atoms with E-state index in [1.54, 1.807) is 24.1 Å². The Labute approximate surface area is 140 Å². The highest BCUT2D eigenvalue weighted by molar-refractivity contribution is 5.94. The van der Waals surface area contributed by atoms with Gasteiger partial charge in [0.1, 0.15) is 0 Å². The molecule has 0 aliphatic rings. The number of amides is 2. The molecule has 1 atom stereocenters. The van der Waals surface area contributed by atoms with E-state index in [1.807, 2.05) is 12.1 Å². The van der Waals surface area contributed by atoms with E-state index in [0.29, 0.717) is 23.4 Å². The number of nitrogens with one attached hydrogen (secondary N) is 1. The van der Waals surface area contributed by atoms with Crippen LogP contribution in [0, 0.1) is 11.3 Å². The number of carbonyl (C=O) groups excluding carboxylic acids is 2. The first-order chi connectivity index (χ1) is 10.8. The topological polar surface area (TPSA) is 49.4 Å². The van der Waals surface area contributed by atoms with Crippen molar-refractivity contribution in [3.05, 3.63) is 29.8 Å². The summed E-state index contributed by atoms with van der Waals surface area (Å²) in [6.07, 6.45) is 4.16. The highest BCUT2D eigenvalue weighted by atomic mass is 16.1. The molecule has 23 heavy (non-hydrogen) atoms. The van der Waals surface area contributed by atoms with Gasteiger partial charge in [0.25, 0.3) is 5.91 Å². The number of carbonyl (C=O) groups is 2. The number of rotatable bonds is 9. The minimum absolute atomic E-state index is 0.121. The zero-order valence-corrected chi connectivity index (χ0v) is 15.1. The summed E-state index contributed by atoms with van der Waals surface area (Å²) in [5.41, 5.74) is 1.77. The van der Waals surface area contributed by atoms with Crippen molar-refractivity contribution in [1.29, 1.82) is 0 Å². The average Bonchev–Trinajstić information content (AvgIpc) is 2.54. The quantitative estimate of drug-likeness (QED) is 0.703. The van der Waals surface area contributed by atoms with Gasteiger partial charge in [-0.25, -0.2) is 0 Å². The molecule has 128 valence electrons. The summed E-state index contributed by atoms with van der Waals surface area (Å²) >= 11 is 0. The van der Waals surface area contributed by atoms with Crippen molar-refractivity contribution in [3.63, 3.8) is 0 Å². The molecule has 0 fully saturated rings. The maximum Gasteiger partial charge on any atom is 0.251 e. The van der Waals surface area contributed by atoms with E-state index >= 15 is 0 Å². The highest BCUT2D eigenvalue weighted by Gasteiger charge is 2.19. The summed E-state index contributed by atoms with van der Waals surface area (Å²) in [7, 11) is 1.60. The third-order valence-corrected chi connectivity index (χ3v) is 4.54. The monoisotopic (exact) mass is 318 g/mol. The van der Waals surface area contributed by atoms with Gasteiger partial charge in [0.15, 0.2) is 0 Å². The first-order valence-corrected chi connectivity index (χ1v) is 8.37. The van der Waals surface area contributed by atoms with Crippen molar-refractivity contribution in [2.75, 3.05) is 18.5 Å². The maximum atomic E-state index is 11.5. The summed E-state index contributed by atoms with van der Waals surface area (Å²) in [4.78, 5) is 24.6. The van der Waals surface area contributed by atoms with Crippen LogP contribution in [0.2, 0.25) is 0 Å². The molecular formula is C19H30N2O2. The first kappa shape index (κ1) is 19.2. The molecule has 0 radical (unpaired) electrons. The van der Waals surface area contributed by atoms with Gasteiger partial charge in [-0.15, -0.1) is 0 Å². The summed E-state index contributed by atoms with van der Waals surface area (Å²) in [5.74, 6) is 0.446. The minimum atomic E-state index is -0.121. The molecule has 1 aromatic rings. The molecule has 0 saturated carbocycles. The van der Waals surface area contributed by atoms with Gasteiger partial charge in [0.05, 0.1) is 0 Å². The Kier molecular flexibility index (Phi) is 7.27. The van der Waals surface area contributed by atoms with Crippen molar-refractivity contribution >= 4 is 18.0 Å². The predicted molar refractivity (Wildman–Crippen MR) is 95.7 cm³/mol. The van der Waals surface area contributed by atoms with E-state index in [-0.39, 0.29) is 5.91 Å². The van der Waals surface area contributed by atoms with Crippen LogP contribution >= 0.6 is 0 Å². The fourth-order valence-corrected chi connectivity index (χ4v) is 2.74. The number of anilines is 1. The molecule has 0 saturated heterocycles. The van der Waals surface area contributed by atoms with Crippen molar-refractivity contribution in [2.45, 2.75) is 47.0 Å². The molecule has 4 heteroatoms. The molecule has 1 rings (SSSR count). The normalized spacial score (nSPS) is 12.6. The smallest absolute Gasteiger partial charge is 0.251 e. The van der Waals surface area contributed by atoms with Crippen LogP contribution in [0.1, 0.15) is 57.3 Å². The number of benzene rings is 1. The lowest BCUT2D eigenvalue weighted by molar-refractivity contribution is -0.107. The highest BCUT2D eigenvalue weighted by Crippen LogP contribution is 2.30. The standard InChI is InChI=1S/C19H30N2O2/c1-6-19(3,4)13-15(2)11-12-21(14-22)17-9-7-16(8-10-17)18(23)20-5/h7-10,14-15H,6,11-13H2,1-5H3,(H,20,23). The van der Waals surface area contributed by atoms with Crippen molar-refractivity contribution in [2.24, 2.45) is 11.3 Å². The zero-order chi connectivity index (χ0) is 17.5. The third-order valence-electron chi connectivity index (χ3n) is 4.54. The predicted octanol–water partition coefficient (Wildman–Crippen LogP) is 3.86. The van der Waals surface area contributed by atoms with E-state index < -0.39 is 0 Å². The fraction of sp³-hybridized carbons (Fsp3) is 0.579. The van der Waals surface area contributed by atoms with Crippen LogP contribution in [-0.4, -0.2) is 25.9 Å². The molecule has 0 aliphatic carbocycles. The van der Waals surface area contributed by atoms with Gasteiger partial charge >= 0.3 is 0 Å². The van der Waals surface area contributed by atoms with Gasteiger partial charge in [-0.1, -0.05) is 34.1 Å². The molecule has 1 N–H and O–H groups in total. The van der Waals surface area contributed by atoms with Crippen molar-refractivity contribution in [1.82, 2.24) is 5.32 Å². The van der Waals surface area contributed by atoms with Gasteiger partial charge in [-0.05, 0) is 48.4 Å². The Morgan fingerprint density at radius 2 is 1.91 bits per heavy atom. The van der Waals surface area contributed by atoms with Gasteiger partial charge in [-0.3, -0.25) is 9.59 Å². The molecule has 0 aliphatic heterocycles. The molecular weight excluding hydrogens is 288 g/mol. The summed E-state index contributed by atoms with van der Waals surface area (Å²) in [6.45, 7) is 9.74. The van der Waals surface area contributed by atoms with E-state index in [9.17, 15) is 9.59 Å². The average molecular weight is 318 g/mol. The number of hydrogen-bond acceptors (Lipinski definition) is 2. The molecule has 1 aromatic carbocycles. The van der Waals surface area contributed by atoms with Gasteiger partial charge in [0.2, 0.25) is 6.41 Å². The summed E-state index contributed by atoms with van der Waals surface area (Å²) in [5, 5.41) is 2.59. The van der Waals surface area contributed by atoms with Crippen LogP contribution in [0.25, 0.3) is 0 Å². The van der Waals surface area contributed by atoms with Crippen LogP contribution in [0.5, 0.6) is 0 Å². The summed E-state index contributed by atoms with van der Waals surface area (Å²) < 4.78 is 0. The molecule has 2 amide bonds. The lowest BCUT2D eigenvalue weighted by Crippen LogP contribution is -2.25. The first-order valence-electron chi connectivity index (χ1n) is 8.37. The Morgan fingerprint density at radius 1 is 1.30 bits per heavy atom. The van der Waals surface area contributed by atoms with Gasteiger partial charge in [0, 0.05) is 24.8 Å². The zero-order valence-electron chi connectivity index (χ0n) is 15.1. The molecule has 4 nitrogen and oxygen atoms in total. The van der Waals surface area contributed by atoms with Gasteiger partial charge < -0.3 is 10.2 Å². The Morgan fingerprint density at radius 3 is 2.39 bits per heavy atom. The molecule has 1 unspecified atom stereocenters. The Balaban J connectivity index is 2.63. The largest absolute Gasteiger partial charge is 0.355 e. The third kappa shape index (κ3) is 6.05. The van der Waals surface area contributed by atoms with Crippen LogP contribution in [0.4, 0.5) is 5.69 Å². The molecule has 0 spiro atoms. The van der Waals surface area contributed by atoms with Crippen LogP contribution in [0.15, 0.2) is 24.3 Å². The maximum absolute atomic E-state index is 11.5. The van der Waals surface area contributed by atoms with E-state index in [1.165, 1.54) is 0 Å². The van der Waals surface area contributed by atoms with Crippen molar-refractivity contribution < 1.29 is 9.59 Å². The van der Waals surface area contributed by atoms with Gasteiger partial charge in [-0.2, -0.15) is 0 Å². The lowest BCUT2D eigenvalue weighted by atomic mass is 9.80. The van der Waals surface area contributed by atoms with Crippen molar-refractivity contribution in [3.8, 4) is 0 Å². The SMILES string of the molecule is CCC(C)(C)CC(C)CCN(C=O)c1ccc(C(=O)NC)cc1.